The van der Waals surface area contributed by atoms with Gasteiger partial charge in [-0.2, -0.15) is 4.68 Å². The predicted molar refractivity (Wildman–Crippen MR) is 71.3 cm³/mol. The number of aromatic nitrogens is 5. The first-order valence-corrected chi connectivity index (χ1v) is 5.99. The molecule has 0 saturated heterocycles. The van der Waals surface area contributed by atoms with Crippen molar-refractivity contribution in [3.63, 3.8) is 0 Å². The van der Waals surface area contributed by atoms with Crippen molar-refractivity contribution in [2.75, 3.05) is 5.32 Å². The SMILES string of the molecule is O=C(Nc1ccccn1)c1cc(F)ccc1-n1cnnn1. The fourth-order valence-electron chi connectivity index (χ4n) is 1.78. The maximum Gasteiger partial charge on any atom is 0.259 e. The summed E-state index contributed by atoms with van der Waals surface area (Å²) in [6.07, 6.45) is 2.87. The second-order valence-corrected chi connectivity index (χ2v) is 4.08. The van der Waals surface area contributed by atoms with Gasteiger partial charge in [0.1, 0.15) is 18.0 Å². The van der Waals surface area contributed by atoms with Gasteiger partial charge in [-0.3, -0.25) is 4.79 Å². The van der Waals surface area contributed by atoms with E-state index in [0.717, 1.165) is 6.07 Å². The Balaban J connectivity index is 1.97. The molecule has 1 amide bonds. The number of amides is 1. The number of anilines is 1. The van der Waals surface area contributed by atoms with Crippen LogP contribution in [0.1, 0.15) is 10.4 Å². The molecule has 0 aliphatic heterocycles. The Morgan fingerprint density at radius 1 is 1.24 bits per heavy atom. The molecule has 2 aromatic heterocycles. The van der Waals surface area contributed by atoms with Gasteiger partial charge in [0, 0.05) is 6.20 Å². The largest absolute Gasteiger partial charge is 0.306 e. The highest BCUT2D eigenvalue weighted by molar-refractivity contribution is 6.06. The van der Waals surface area contributed by atoms with Crippen molar-refractivity contribution in [2.24, 2.45) is 0 Å². The van der Waals surface area contributed by atoms with Crippen molar-refractivity contribution in [1.82, 2.24) is 25.2 Å². The smallest absolute Gasteiger partial charge is 0.259 e. The summed E-state index contributed by atoms with van der Waals surface area (Å²) >= 11 is 0. The zero-order valence-corrected chi connectivity index (χ0v) is 10.6. The average molecular weight is 284 g/mol. The lowest BCUT2D eigenvalue weighted by Crippen LogP contribution is -2.16. The molecule has 3 aromatic rings. The Labute approximate surface area is 118 Å². The lowest BCUT2D eigenvalue weighted by molar-refractivity contribution is 0.102. The zero-order valence-electron chi connectivity index (χ0n) is 10.6. The van der Waals surface area contributed by atoms with Gasteiger partial charge in [-0.25, -0.2) is 9.37 Å². The highest BCUT2D eigenvalue weighted by Gasteiger charge is 2.15. The number of tetrazole rings is 1. The molecule has 2 heterocycles. The van der Waals surface area contributed by atoms with Crippen LogP contribution in [0.4, 0.5) is 10.2 Å². The van der Waals surface area contributed by atoms with Crippen LogP contribution in [0, 0.1) is 5.82 Å². The fourth-order valence-corrected chi connectivity index (χ4v) is 1.78. The van der Waals surface area contributed by atoms with Gasteiger partial charge in [0.25, 0.3) is 5.91 Å². The van der Waals surface area contributed by atoms with E-state index < -0.39 is 11.7 Å². The highest BCUT2D eigenvalue weighted by Crippen LogP contribution is 2.16. The summed E-state index contributed by atoms with van der Waals surface area (Å²) < 4.78 is 14.7. The van der Waals surface area contributed by atoms with Gasteiger partial charge in [-0.1, -0.05) is 6.07 Å². The summed E-state index contributed by atoms with van der Waals surface area (Å²) in [6.45, 7) is 0. The minimum atomic E-state index is -0.530. The summed E-state index contributed by atoms with van der Waals surface area (Å²) in [5.41, 5.74) is 0.475. The molecule has 1 aromatic carbocycles. The van der Waals surface area contributed by atoms with Gasteiger partial charge in [0.2, 0.25) is 0 Å². The summed E-state index contributed by atoms with van der Waals surface area (Å²) in [4.78, 5) is 16.3. The Morgan fingerprint density at radius 3 is 2.86 bits per heavy atom. The lowest BCUT2D eigenvalue weighted by Gasteiger charge is -2.09. The number of hydrogen-bond donors (Lipinski definition) is 1. The molecule has 0 aliphatic carbocycles. The van der Waals surface area contributed by atoms with Crippen molar-refractivity contribution < 1.29 is 9.18 Å². The van der Waals surface area contributed by atoms with E-state index in [1.165, 1.54) is 23.1 Å². The van der Waals surface area contributed by atoms with E-state index in [0.29, 0.717) is 11.5 Å². The van der Waals surface area contributed by atoms with Gasteiger partial charge in [0.15, 0.2) is 0 Å². The van der Waals surface area contributed by atoms with E-state index in [4.69, 9.17) is 0 Å². The molecule has 7 nitrogen and oxygen atoms in total. The van der Waals surface area contributed by atoms with Gasteiger partial charge in [0.05, 0.1) is 11.3 Å². The van der Waals surface area contributed by atoms with Gasteiger partial charge >= 0.3 is 0 Å². The molecule has 0 unspecified atom stereocenters. The molecule has 0 spiro atoms. The molecule has 0 atom stereocenters. The Morgan fingerprint density at radius 2 is 2.14 bits per heavy atom. The number of benzene rings is 1. The molecule has 0 saturated carbocycles. The van der Waals surface area contributed by atoms with Crippen molar-refractivity contribution in [2.45, 2.75) is 0 Å². The normalized spacial score (nSPS) is 10.3. The van der Waals surface area contributed by atoms with Crippen LogP contribution in [0.2, 0.25) is 0 Å². The summed E-state index contributed by atoms with van der Waals surface area (Å²) in [7, 11) is 0. The fraction of sp³-hybridized carbons (Fsp3) is 0. The van der Waals surface area contributed by atoms with E-state index in [2.05, 4.69) is 25.8 Å². The van der Waals surface area contributed by atoms with Crippen LogP contribution in [0.3, 0.4) is 0 Å². The minimum absolute atomic E-state index is 0.105. The van der Waals surface area contributed by atoms with Crippen molar-refractivity contribution >= 4 is 11.7 Å². The second-order valence-electron chi connectivity index (χ2n) is 4.08. The number of halogens is 1. The molecule has 104 valence electrons. The first-order valence-electron chi connectivity index (χ1n) is 5.99. The van der Waals surface area contributed by atoms with Crippen LogP contribution in [-0.4, -0.2) is 31.1 Å². The number of nitrogens with zero attached hydrogens (tertiary/aromatic N) is 5. The molecular weight excluding hydrogens is 275 g/mol. The van der Waals surface area contributed by atoms with Crippen LogP contribution in [0.5, 0.6) is 0 Å². The quantitative estimate of drug-likeness (QED) is 0.786. The minimum Gasteiger partial charge on any atom is -0.306 e. The van der Waals surface area contributed by atoms with Crippen molar-refractivity contribution in [3.8, 4) is 5.69 Å². The summed E-state index contributed by atoms with van der Waals surface area (Å²) in [5, 5.41) is 13.3. The molecule has 21 heavy (non-hydrogen) atoms. The number of carbonyl (C=O) groups excluding carboxylic acids is 1. The molecule has 0 fully saturated rings. The number of hydrogen-bond acceptors (Lipinski definition) is 5. The van der Waals surface area contributed by atoms with Gasteiger partial charge in [-0.05, 0) is 40.8 Å². The monoisotopic (exact) mass is 284 g/mol. The summed E-state index contributed by atoms with van der Waals surface area (Å²) in [6, 6.07) is 8.87. The summed E-state index contributed by atoms with van der Waals surface area (Å²) in [5.74, 6) is -0.661. The number of pyridine rings is 1. The van der Waals surface area contributed by atoms with Crippen LogP contribution in [-0.2, 0) is 0 Å². The predicted octanol–water partition coefficient (Wildman–Crippen LogP) is 1.45. The molecule has 8 heteroatoms. The maximum atomic E-state index is 13.4. The standard InChI is InChI=1S/C13H9FN6O/c14-9-4-5-11(20-8-16-18-19-20)10(7-9)13(21)17-12-3-1-2-6-15-12/h1-8H,(H,15,17,21). The molecular formula is C13H9FN6O. The van der Waals surface area contributed by atoms with Crippen molar-refractivity contribution in [1.29, 1.82) is 0 Å². The topological polar surface area (TPSA) is 85.6 Å². The van der Waals surface area contributed by atoms with E-state index in [1.54, 1.807) is 24.4 Å². The second kappa shape index (κ2) is 5.45. The van der Waals surface area contributed by atoms with E-state index in [-0.39, 0.29) is 5.56 Å². The van der Waals surface area contributed by atoms with E-state index >= 15 is 0 Å². The average Bonchev–Trinajstić information content (AvgIpc) is 3.02. The Hall–Kier alpha value is -3.16. The number of nitrogens with one attached hydrogen (secondary N) is 1. The van der Waals surface area contributed by atoms with Gasteiger partial charge < -0.3 is 5.32 Å². The highest BCUT2D eigenvalue weighted by atomic mass is 19.1. The third kappa shape index (κ3) is 2.73. The Bertz CT molecular complexity index is 760. The van der Waals surface area contributed by atoms with Crippen LogP contribution in [0.15, 0.2) is 48.9 Å². The zero-order chi connectivity index (χ0) is 14.7. The first kappa shape index (κ1) is 12.9. The van der Waals surface area contributed by atoms with Crippen molar-refractivity contribution in [3.05, 3.63) is 60.3 Å². The van der Waals surface area contributed by atoms with Crippen LogP contribution in [0.25, 0.3) is 5.69 Å². The third-order valence-corrected chi connectivity index (χ3v) is 2.71. The molecule has 3 rings (SSSR count). The molecule has 0 aliphatic rings. The Kier molecular flexibility index (Phi) is 3.34. The molecule has 0 bridgehead atoms. The van der Waals surface area contributed by atoms with Gasteiger partial charge in [-0.15, -0.1) is 5.10 Å². The van der Waals surface area contributed by atoms with Crippen LogP contribution < -0.4 is 5.32 Å². The van der Waals surface area contributed by atoms with E-state index in [9.17, 15) is 9.18 Å². The van der Waals surface area contributed by atoms with Crippen LogP contribution >= 0.6 is 0 Å². The first-order chi connectivity index (χ1) is 10.2. The molecule has 0 radical (unpaired) electrons. The maximum absolute atomic E-state index is 13.4. The molecule has 1 N–H and O–H groups in total. The number of carbonyl (C=O) groups is 1. The lowest BCUT2D eigenvalue weighted by atomic mass is 10.1. The van der Waals surface area contributed by atoms with E-state index in [1.807, 2.05) is 0 Å². The number of rotatable bonds is 3. The third-order valence-electron chi connectivity index (χ3n) is 2.71.